The molecule has 3 heteroatoms. The van der Waals surface area contributed by atoms with E-state index >= 15 is 0 Å². The van der Waals surface area contributed by atoms with Crippen LogP contribution in [0.15, 0.2) is 36.5 Å². The van der Waals surface area contributed by atoms with Gasteiger partial charge in [0.15, 0.2) is 0 Å². The molecule has 3 nitrogen and oxygen atoms in total. The number of nitrogens with two attached hydrogens (primary N) is 1. The zero-order chi connectivity index (χ0) is 11.5. The van der Waals surface area contributed by atoms with E-state index < -0.39 is 0 Å². The van der Waals surface area contributed by atoms with Crippen molar-refractivity contribution >= 4 is 5.82 Å². The normalized spacial score (nSPS) is 10.3. The molecule has 82 valence electrons. The van der Waals surface area contributed by atoms with Crippen LogP contribution in [0.4, 0.5) is 5.82 Å². The van der Waals surface area contributed by atoms with Crippen LogP contribution in [0.1, 0.15) is 16.7 Å². The number of rotatable bonds is 2. The Labute approximate surface area is 94.6 Å². The number of aromatic nitrogens is 1. The van der Waals surface area contributed by atoms with Gasteiger partial charge in [-0.25, -0.2) is 4.98 Å². The first-order valence-corrected chi connectivity index (χ1v) is 5.14. The molecule has 0 radical (unpaired) electrons. The van der Waals surface area contributed by atoms with E-state index in [4.69, 9.17) is 5.73 Å². The highest BCUT2D eigenvalue weighted by Gasteiger charge is 2.03. The van der Waals surface area contributed by atoms with E-state index in [1.807, 2.05) is 25.1 Å². The van der Waals surface area contributed by atoms with Crippen LogP contribution >= 0.6 is 0 Å². The van der Waals surface area contributed by atoms with Crippen molar-refractivity contribution in [2.24, 2.45) is 0 Å². The van der Waals surface area contributed by atoms with Gasteiger partial charge in [-0.1, -0.05) is 18.2 Å². The monoisotopic (exact) mass is 214 g/mol. The maximum Gasteiger partial charge on any atom is 0.126 e. The van der Waals surface area contributed by atoms with Crippen LogP contribution in [-0.2, 0) is 6.42 Å². The van der Waals surface area contributed by atoms with E-state index in [-0.39, 0.29) is 5.75 Å². The topological polar surface area (TPSA) is 59.1 Å². The van der Waals surface area contributed by atoms with Crippen molar-refractivity contribution in [2.45, 2.75) is 13.3 Å². The van der Waals surface area contributed by atoms with E-state index in [2.05, 4.69) is 4.98 Å². The summed E-state index contributed by atoms with van der Waals surface area (Å²) in [5.41, 5.74) is 8.91. The molecule has 0 fully saturated rings. The number of pyridine rings is 1. The molecule has 0 spiro atoms. The minimum absolute atomic E-state index is 0.275. The number of aromatic hydroxyl groups is 1. The van der Waals surface area contributed by atoms with Crippen LogP contribution in [0, 0.1) is 6.92 Å². The highest BCUT2D eigenvalue weighted by atomic mass is 16.3. The third-order valence-electron chi connectivity index (χ3n) is 2.44. The quantitative estimate of drug-likeness (QED) is 0.806. The first kappa shape index (κ1) is 10.5. The van der Waals surface area contributed by atoms with Gasteiger partial charge in [-0.3, -0.25) is 0 Å². The number of benzene rings is 1. The van der Waals surface area contributed by atoms with Crippen LogP contribution in [0.5, 0.6) is 5.75 Å². The Morgan fingerprint density at radius 1 is 1.31 bits per heavy atom. The Balaban J connectivity index is 2.30. The van der Waals surface area contributed by atoms with E-state index in [9.17, 15) is 5.11 Å². The number of aryl methyl sites for hydroxylation is 1. The summed E-state index contributed by atoms with van der Waals surface area (Å²) in [4.78, 5) is 4.11. The van der Waals surface area contributed by atoms with Crippen LogP contribution in [0.2, 0.25) is 0 Å². The molecule has 0 bridgehead atoms. The van der Waals surface area contributed by atoms with E-state index in [0.717, 1.165) is 16.7 Å². The average molecular weight is 214 g/mol. The summed E-state index contributed by atoms with van der Waals surface area (Å²) in [6.45, 7) is 1.98. The van der Waals surface area contributed by atoms with Gasteiger partial charge in [0.05, 0.1) is 0 Å². The van der Waals surface area contributed by atoms with Crippen molar-refractivity contribution in [3.05, 3.63) is 53.2 Å². The predicted octanol–water partition coefficient (Wildman–Crippen LogP) is 2.27. The Kier molecular flexibility index (Phi) is 2.77. The number of phenols is 1. The molecule has 0 saturated heterocycles. The summed E-state index contributed by atoms with van der Waals surface area (Å²) in [6, 6.07) is 9.20. The highest BCUT2D eigenvalue weighted by molar-refractivity contribution is 5.44. The first-order chi connectivity index (χ1) is 7.65. The molecule has 16 heavy (non-hydrogen) atoms. The number of phenolic OH excluding ortho intramolecular Hbond substituents is 1. The van der Waals surface area contributed by atoms with Gasteiger partial charge in [0.2, 0.25) is 0 Å². The lowest BCUT2D eigenvalue weighted by Crippen LogP contribution is -1.99. The van der Waals surface area contributed by atoms with Crippen LogP contribution < -0.4 is 5.73 Å². The Morgan fingerprint density at radius 3 is 2.88 bits per heavy atom. The van der Waals surface area contributed by atoms with Gasteiger partial charge in [0.1, 0.15) is 11.6 Å². The predicted molar refractivity (Wildman–Crippen MR) is 64.3 cm³/mol. The van der Waals surface area contributed by atoms with Crippen molar-refractivity contribution in [1.82, 2.24) is 4.98 Å². The van der Waals surface area contributed by atoms with Crippen molar-refractivity contribution < 1.29 is 5.11 Å². The van der Waals surface area contributed by atoms with E-state index in [1.165, 1.54) is 0 Å². The van der Waals surface area contributed by atoms with Crippen LogP contribution in [0.3, 0.4) is 0 Å². The van der Waals surface area contributed by atoms with Crippen LogP contribution in [-0.4, -0.2) is 10.1 Å². The minimum atomic E-state index is 0.275. The molecular formula is C13H14N2O. The van der Waals surface area contributed by atoms with Crippen molar-refractivity contribution in [2.75, 3.05) is 5.73 Å². The molecule has 0 atom stereocenters. The summed E-state index contributed by atoms with van der Waals surface area (Å²) in [5, 5.41) is 9.37. The maximum absolute atomic E-state index is 9.37. The van der Waals surface area contributed by atoms with Gasteiger partial charge in [0.25, 0.3) is 0 Å². The van der Waals surface area contributed by atoms with E-state index in [0.29, 0.717) is 12.2 Å². The lowest BCUT2D eigenvalue weighted by molar-refractivity contribution is 0.474. The minimum Gasteiger partial charge on any atom is -0.508 e. The van der Waals surface area contributed by atoms with Crippen molar-refractivity contribution in [3.63, 3.8) is 0 Å². The molecule has 0 amide bonds. The van der Waals surface area contributed by atoms with Gasteiger partial charge < -0.3 is 10.8 Å². The zero-order valence-electron chi connectivity index (χ0n) is 9.14. The summed E-state index contributed by atoms with van der Waals surface area (Å²) in [5.74, 6) is 0.825. The molecule has 1 aromatic carbocycles. The van der Waals surface area contributed by atoms with Gasteiger partial charge in [-0.15, -0.1) is 0 Å². The van der Waals surface area contributed by atoms with Gasteiger partial charge in [-0.05, 0) is 35.7 Å². The molecule has 1 heterocycles. The fourth-order valence-corrected chi connectivity index (χ4v) is 1.67. The smallest absolute Gasteiger partial charge is 0.126 e. The maximum atomic E-state index is 9.37. The van der Waals surface area contributed by atoms with Crippen molar-refractivity contribution in [1.29, 1.82) is 0 Å². The number of nitrogen functional groups attached to an aromatic ring is 1. The second-order valence-corrected chi connectivity index (χ2v) is 3.90. The summed E-state index contributed by atoms with van der Waals surface area (Å²) in [7, 11) is 0. The molecule has 0 unspecified atom stereocenters. The number of anilines is 1. The Hall–Kier alpha value is -2.03. The van der Waals surface area contributed by atoms with Crippen molar-refractivity contribution in [3.8, 4) is 5.75 Å². The lowest BCUT2D eigenvalue weighted by atomic mass is 10.0. The summed E-state index contributed by atoms with van der Waals surface area (Å²) < 4.78 is 0. The van der Waals surface area contributed by atoms with Gasteiger partial charge in [0, 0.05) is 12.6 Å². The molecule has 2 rings (SSSR count). The molecule has 1 aromatic heterocycles. The zero-order valence-corrected chi connectivity index (χ0v) is 9.14. The lowest BCUT2D eigenvalue weighted by Gasteiger charge is -2.06. The molecule has 0 saturated carbocycles. The van der Waals surface area contributed by atoms with Gasteiger partial charge in [-0.2, -0.15) is 0 Å². The molecule has 3 N–H and O–H groups in total. The fraction of sp³-hybridized carbons (Fsp3) is 0.154. The standard InChI is InChI=1S/C13H14N2O/c1-9-5-11(13(14)15-8-9)6-10-3-2-4-12(16)7-10/h2-5,7-8,16H,6H2,1H3,(H2,14,15). The van der Waals surface area contributed by atoms with Crippen LogP contribution in [0.25, 0.3) is 0 Å². The molecule has 0 aliphatic carbocycles. The number of nitrogens with zero attached hydrogens (tertiary/aromatic N) is 1. The number of hydrogen-bond donors (Lipinski definition) is 2. The third kappa shape index (κ3) is 2.31. The average Bonchev–Trinajstić information content (AvgIpc) is 2.24. The molecule has 2 aromatic rings. The second kappa shape index (κ2) is 4.23. The van der Waals surface area contributed by atoms with Gasteiger partial charge >= 0.3 is 0 Å². The molecular weight excluding hydrogens is 200 g/mol. The number of hydrogen-bond acceptors (Lipinski definition) is 3. The highest BCUT2D eigenvalue weighted by Crippen LogP contribution is 2.18. The Morgan fingerprint density at radius 2 is 2.12 bits per heavy atom. The fourth-order valence-electron chi connectivity index (χ4n) is 1.67. The largest absolute Gasteiger partial charge is 0.508 e. The Bertz CT molecular complexity index is 509. The second-order valence-electron chi connectivity index (χ2n) is 3.90. The summed E-state index contributed by atoms with van der Waals surface area (Å²) in [6.07, 6.45) is 2.44. The molecule has 0 aliphatic rings. The van der Waals surface area contributed by atoms with E-state index in [1.54, 1.807) is 18.3 Å². The third-order valence-corrected chi connectivity index (χ3v) is 2.44. The summed E-state index contributed by atoms with van der Waals surface area (Å²) >= 11 is 0. The molecule has 0 aliphatic heterocycles. The SMILES string of the molecule is Cc1cnc(N)c(Cc2cccc(O)c2)c1. The first-order valence-electron chi connectivity index (χ1n) is 5.14.